The molecule has 0 fully saturated rings. The highest BCUT2D eigenvalue weighted by molar-refractivity contribution is 5.78. The Morgan fingerprint density at radius 1 is 0.931 bits per heavy atom. The third-order valence-electron chi connectivity index (χ3n) is 4.98. The van der Waals surface area contributed by atoms with Crippen molar-refractivity contribution in [3.8, 4) is 22.9 Å². The van der Waals surface area contributed by atoms with E-state index in [0.717, 1.165) is 47.2 Å². The second kappa shape index (κ2) is 8.22. The van der Waals surface area contributed by atoms with Crippen molar-refractivity contribution in [3.05, 3.63) is 54.1 Å². The highest BCUT2D eigenvalue weighted by Crippen LogP contribution is 2.41. The first-order valence-corrected chi connectivity index (χ1v) is 9.33. The van der Waals surface area contributed by atoms with Crippen LogP contribution in [0.25, 0.3) is 11.3 Å². The summed E-state index contributed by atoms with van der Waals surface area (Å²) in [6.07, 6.45) is 2.97. The standard InChI is InChI=1S/C21H23N5O3/c1-27-17-13-18(28-2)20(19(14-17)29-3)15-9-11-25(12-10-15)21-22-23-24-26(21)16-7-5-4-6-8-16/h4-9,13-14H,10-12H2,1-3H3. The van der Waals surface area contributed by atoms with Crippen LogP contribution in [-0.4, -0.2) is 54.6 Å². The minimum absolute atomic E-state index is 0.681. The van der Waals surface area contributed by atoms with Gasteiger partial charge in [0.25, 0.3) is 5.95 Å². The van der Waals surface area contributed by atoms with Crippen LogP contribution in [0.1, 0.15) is 12.0 Å². The van der Waals surface area contributed by atoms with Gasteiger partial charge in [-0.3, -0.25) is 0 Å². The zero-order valence-corrected chi connectivity index (χ0v) is 16.7. The van der Waals surface area contributed by atoms with Crippen molar-refractivity contribution in [3.63, 3.8) is 0 Å². The second-order valence-corrected chi connectivity index (χ2v) is 6.56. The van der Waals surface area contributed by atoms with Crippen molar-refractivity contribution >= 4 is 11.5 Å². The van der Waals surface area contributed by atoms with Gasteiger partial charge in [-0.05, 0) is 34.6 Å². The predicted molar refractivity (Wildman–Crippen MR) is 110 cm³/mol. The molecule has 0 aliphatic carbocycles. The van der Waals surface area contributed by atoms with Crippen LogP contribution in [0.5, 0.6) is 17.2 Å². The lowest BCUT2D eigenvalue weighted by atomic mass is 9.97. The molecule has 0 saturated carbocycles. The third-order valence-corrected chi connectivity index (χ3v) is 4.98. The Balaban J connectivity index is 1.63. The molecule has 8 nitrogen and oxygen atoms in total. The predicted octanol–water partition coefficient (Wildman–Crippen LogP) is 2.98. The number of aromatic nitrogens is 4. The lowest BCUT2D eigenvalue weighted by molar-refractivity contribution is 0.373. The smallest absolute Gasteiger partial charge is 0.250 e. The average molecular weight is 393 g/mol. The van der Waals surface area contributed by atoms with Gasteiger partial charge < -0.3 is 19.1 Å². The number of tetrazole rings is 1. The second-order valence-electron chi connectivity index (χ2n) is 6.56. The van der Waals surface area contributed by atoms with Gasteiger partial charge in [-0.15, -0.1) is 0 Å². The summed E-state index contributed by atoms with van der Waals surface area (Å²) in [5.41, 5.74) is 3.05. The van der Waals surface area contributed by atoms with E-state index in [1.54, 1.807) is 26.0 Å². The van der Waals surface area contributed by atoms with E-state index < -0.39 is 0 Å². The monoisotopic (exact) mass is 393 g/mol. The summed E-state index contributed by atoms with van der Waals surface area (Å²) < 4.78 is 18.3. The van der Waals surface area contributed by atoms with E-state index in [-0.39, 0.29) is 0 Å². The number of anilines is 1. The van der Waals surface area contributed by atoms with Crippen LogP contribution in [0, 0.1) is 0 Å². The van der Waals surface area contributed by atoms with Crippen molar-refractivity contribution < 1.29 is 14.2 Å². The van der Waals surface area contributed by atoms with Crippen LogP contribution in [0.15, 0.2) is 48.5 Å². The summed E-state index contributed by atoms with van der Waals surface area (Å²) in [7, 11) is 4.94. The van der Waals surface area contributed by atoms with Crippen molar-refractivity contribution in [1.29, 1.82) is 0 Å². The topological polar surface area (TPSA) is 74.5 Å². The van der Waals surface area contributed by atoms with E-state index in [9.17, 15) is 0 Å². The fourth-order valence-electron chi connectivity index (χ4n) is 3.52. The van der Waals surface area contributed by atoms with Crippen LogP contribution in [0.4, 0.5) is 5.95 Å². The Morgan fingerprint density at radius 3 is 2.24 bits per heavy atom. The number of hydrogen-bond donors (Lipinski definition) is 0. The molecule has 2 heterocycles. The summed E-state index contributed by atoms with van der Waals surface area (Å²) in [6, 6.07) is 13.6. The maximum atomic E-state index is 5.61. The van der Waals surface area contributed by atoms with Gasteiger partial charge in [0.2, 0.25) is 0 Å². The molecule has 2 aromatic carbocycles. The minimum atomic E-state index is 0.681. The SMILES string of the molecule is COc1cc(OC)c(C2=CCN(c3nnnn3-c3ccccc3)CC2)c(OC)c1. The molecule has 0 saturated heterocycles. The molecule has 0 unspecified atom stereocenters. The van der Waals surface area contributed by atoms with Gasteiger partial charge in [0.05, 0.1) is 32.6 Å². The van der Waals surface area contributed by atoms with Gasteiger partial charge in [-0.1, -0.05) is 29.4 Å². The van der Waals surface area contributed by atoms with Crippen LogP contribution < -0.4 is 19.1 Å². The van der Waals surface area contributed by atoms with E-state index in [1.807, 2.05) is 42.5 Å². The van der Waals surface area contributed by atoms with Crippen LogP contribution in [0.3, 0.4) is 0 Å². The largest absolute Gasteiger partial charge is 0.496 e. The Bertz CT molecular complexity index is 991. The first-order chi connectivity index (χ1) is 14.2. The number of methoxy groups -OCH3 is 3. The van der Waals surface area contributed by atoms with Crippen molar-refractivity contribution in [1.82, 2.24) is 20.2 Å². The van der Waals surface area contributed by atoms with Gasteiger partial charge in [-0.2, -0.15) is 4.68 Å². The zero-order chi connectivity index (χ0) is 20.2. The van der Waals surface area contributed by atoms with Crippen LogP contribution in [0.2, 0.25) is 0 Å². The fraction of sp³-hybridized carbons (Fsp3) is 0.286. The summed E-state index contributed by atoms with van der Waals surface area (Å²) in [5.74, 6) is 2.88. The van der Waals surface area contributed by atoms with E-state index in [0.29, 0.717) is 12.3 Å². The Hall–Kier alpha value is -3.55. The number of nitrogens with zero attached hydrogens (tertiary/aromatic N) is 5. The summed E-state index contributed by atoms with van der Waals surface area (Å²) >= 11 is 0. The molecule has 1 aliphatic rings. The summed E-state index contributed by atoms with van der Waals surface area (Å²) in [5, 5.41) is 12.3. The number of benzene rings is 2. The number of para-hydroxylation sites is 1. The van der Waals surface area contributed by atoms with E-state index >= 15 is 0 Å². The Morgan fingerprint density at radius 2 is 1.66 bits per heavy atom. The fourth-order valence-corrected chi connectivity index (χ4v) is 3.52. The van der Waals surface area contributed by atoms with Gasteiger partial charge >= 0.3 is 0 Å². The molecule has 8 heteroatoms. The molecule has 1 aromatic heterocycles. The van der Waals surface area contributed by atoms with Crippen molar-refractivity contribution in [2.45, 2.75) is 6.42 Å². The Kier molecular flexibility index (Phi) is 5.33. The van der Waals surface area contributed by atoms with Gasteiger partial charge in [0.1, 0.15) is 17.2 Å². The number of ether oxygens (including phenoxy) is 3. The maximum Gasteiger partial charge on any atom is 0.250 e. The maximum absolute atomic E-state index is 5.61. The molecule has 0 amide bonds. The van der Waals surface area contributed by atoms with Crippen LogP contribution >= 0.6 is 0 Å². The molecule has 29 heavy (non-hydrogen) atoms. The van der Waals surface area contributed by atoms with E-state index in [2.05, 4.69) is 26.5 Å². The molecule has 3 aromatic rings. The van der Waals surface area contributed by atoms with Crippen LogP contribution in [-0.2, 0) is 0 Å². The number of hydrogen-bond acceptors (Lipinski definition) is 7. The first kappa shape index (κ1) is 18.8. The van der Waals surface area contributed by atoms with Crippen molar-refractivity contribution in [2.75, 3.05) is 39.3 Å². The molecular formula is C21H23N5O3. The Labute approximate surface area is 169 Å². The van der Waals surface area contributed by atoms with Gasteiger partial charge in [-0.25, -0.2) is 0 Å². The van der Waals surface area contributed by atoms with Gasteiger partial charge in [0, 0.05) is 25.2 Å². The van der Waals surface area contributed by atoms with E-state index in [1.165, 1.54) is 0 Å². The summed E-state index contributed by atoms with van der Waals surface area (Å²) in [4.78, 5) is 2.15. The molecular weight excluding hydrogens is 370 g/mol. The molecule has 0 atom stereocenters. The highest BCUT2D eigenvalue weighted by atomic mass is 16.5. The average Bonchev–Trinajstić information content (AvgIpc) is 3.28. The summed E-state index contributed by atoms with van der Waals surface area (Å²) in [6.45, 7) is 1.46. The normalized spacial score (nSPS) is 13.8. The zero-order valence-electron chi connectivity index (χ0n) is 16.7. The first-order valence-electron chi connectivity index (χ1n) is 9.33. The molecule has 0 N–H and O–H groups in total. The third kappa shape index (κ3) is 3.61. The molecule has 0 radical (unpaired) electrons. The lowest BCUT2D eigenvalue weighted by Gasteiger charge is -2.28. The minimum Gasteiger partial charge on any atom is -0.496 e. The molecule has 150 valence electrons. The van der Waals surface area contributed by atoms with Crippen molar-refractivity contribution in [2.24, 2.45) is 0 Å². The van der Waals surface area contributed by atoms with E-state index in [4.69, 9.17) is 14.2 Å². The molecule has 0 spiro atoms. The quantitative estimate of drug-likeness (QED) is 0.637. The molecule has 4 rings (SSSR count). The molecule has 1 aliphatic heterocycles. The molecule has 0 bridgehead atoms. The lowest BCUT2D eigenvalue weighted by Crippen LogP contribution is -2.31. The number of rotatable bonds is 6. The van der Waals surface area contributed by atoms with Gasteiger partial charge in [0.15, 0.2) is 0 Å². The highest BCUT2D eigenvalue weighted by Gasteiger charge is 2.23.